The van der Waals surface area contributed by atoms with Gasteiger partial charge in [-0.3, -0.25) is 9.48 Å². The Morgan fingerprint density at radius 3 is 3.09 bits per heavy atom. The van der Waals surface area contributed by atoms with Crippen LogP contribution >= 0.6 is 11.3 Å². The van der Waals surface area contributed by atoms with Crippen LogP contribution in [0.2, 0.25) is 0 Å². The Hall–Kier alpha value is -1.69. The van der Waals surface area contributed by atoms with Crippen LogP contribution in [0, 0.1) is 6.92 Å². The summed E-state index contributed by atoms with van der Waals surface area (Å²) in [5.41, 5.74) is 1.05. The Balaban J connectivity index is 1.59. The van der Waals surface area contributed by atoms with E-state index in [2.05, 4.69) is 15.5 Å². The average molecular weight is 318 g/mol. The molecule has 0 bridgehead atoms. The molecule has 1 atom stereocenters. The lowest BCUT2D eigenvalue weighted by Crippen LogP contribution is -2.38. The number of likely N-dealkylation sites (tertiary alicyclic amines) is 1. The minimum absolute atomic E-state index is 0.185. The van der Waals surface area contributed by atoms with Crippen LogP contribution in [0.1, 0.15) is 48.8 Å². The Morgan fingerprint density at radius 1 is 1.45 bits per heavy atom. The van der Waals surface area contributed by atoms with E-state index in [1.165, 1.54) is 6.42 Å². The molecular formula is C16H22N4OS. The Bertz CT molecular complexity index is 607. The number of carbonyl (C=O) groups excluding carboxylic acids is 1. The summed E-state index contributed by atoms with van der Waals surface area (Å²) >= 11 is 1.68. The van der Waals surface area contributed by atoms with E-state index in [1.54, 1.807) is 17.5 Å². The van der Waals surface area contributed by atoms with Gasteiger partial charge in [0.25, 0.3) is 0 Å². The van der Waals surface area contributed by atoms with Crippen LogP contribution in [0.25, 0.3) is 0 Å². The fraction of sp³-hybridized carbons (Fsp3) is 0.562. The van der Waals surface area contributed by atoms with Gasteiger partial charge in [-0.05, 0) is 38.7 Å². The molecule has 3 heterocycles. The van der Waals surface area contributed by atoms with Gasteiger partial charge >= 0.3 is 0 Å². The first-order valence-electron chi connectivity index (χ1n) is 7.93. The Morgan fingerprint density at radius 2 is 2.36 bits per heavy atom. The van der Waals surface area contributed by atoms with Gasteiger partial charge in [0.15, 0.2) is 0 Å². The summed E-state index contributed by atoms with van der Waals surface area (Å²) < 4.78 is 1.88. The first-order valence-corrected chi connectivity index (χ1v) is 8.81. The first kappa shape index (κ1) is 15.2. The molecule has 3 rings (SSSR count). The second-order valence-electron chi connectivity index (χ2n) is 5.80. The van der Waals surface area contributed by atoms with Crippen LogP contribution in [-0.4, -0.2) is 32.1 Å². The molecule has 5 nitrogen and oxygen atoms in total. The summed E-state index contributed by atoms with van der Waals surface area (Å²) in [4.78, 5) is 19.2. The summed E-state index contributed by atoms with van der Waals surface area (Å²) in [5.74, 6) is 0.254. The normalized spacial score (nSPS) is 18.6. The van der Waals surface area contributed by atoms with Gasteiger partial charge in [0, 0.05) is 43.0 Å². The third kappa shape index (κ3) is 3.55. The number of rotatable bonds is 5. The van der Waals surface area contributed by atoms with Crippen molar-refractivity contribution in [2.75, 3.05) is 6.54 Å². The zero-order valence-electron chi connectivity index (χ0n) is 12.9. The second kappa shape index (κ2) is 7.05. The molecule has 1 saturated heterocycles. The number of aromatic nitrogens is 3. The second-order valence-corrected chi connectivity index (χ2v) is 6.69. The smallest absolute Gasteiger partial charge is 0.223 e. The number of hydrogen-bond donors (Lipinski definition) is 0. The van der Waals surface area contributed by atoms with Gasteiger partial charge in [-0.1, -0.05) is 0 Å². The number of piperidine rings is 1. The molecule has 6 heteroatoms. The molecule has 1 fully saturated rings. The molecule has 0 N–H and O–H groups in total. The highest BCUT2D eigenvalue weighted by Crippen LogP contribution is 2.33. The number of thiazole rings is 1. The topological polar surface area (TPSA) is 51.0 Å². The van der Waals surface area contributed by atoms with Crippen molar-refractivity contribution in [1.82, 2.24) is 19.7 Å². The molecule has 0 spiro atoms. The van der Waals surface area contributed by atoms with Gasteiger partial charge in [-0.2, -0.15) is 5.10 Å². The Labute approximate surface area is 135 Å². The van der Waals surface area contributed by atoms with Crippen molar-refractivity contribution in [2.45, 2.75) is 51.6 Å². The molecule has 118 valence electrons. The number of amides is 1. The average Bonchev–Trinajstić information content (AvgIpc) is 3.19. The van der Waals surface area contributed by atoms with E-state index in [0.29, 0.717) is 6.42 Å². The fourth-order valence-electron chi connectivity index (χ4n) is 2.98. The maximum absolute atomic E-state index is 12.6. The standard InChI is InChI=1S/C16H22N4OS/c1-13-12-22-16(18-13)14-6-2-3-11-20(14)15(21)7-4-9-19-10-5-8-17-19/h5,8,10,12,14H,2-4,6-7,9,11H2,1H3/t14-/m0/s1. The lowest BCUT2D eigenvalue weighted by Gasteiger charge is -2.34. The van der Waals surface area contributed by atoms with Crippen LogP contribution in [0.3, 0.4) is 0 Å². The maximum atomic E-state index is 12.6. The summed E-state index contributed by atoms with van der Waals surface area (Å²) in [6.45, 7) is 3.68. The lowest BCUT2D eigenvalue weighted by molar-refractivity contribution is -0.135. The van der Waals surface area contributed by atoms with E-state index in [4.69, 9.17) is 0 Å². The van der Waals surface area contributed by atoms with Gasteiger partial charge in [-0.15, -0.1) is 11.3 Å². The number of carbonyl (C=O) groups is 1. The van der Waals surface area contributed by atoms with Crippen molar-refractivity contribution in [3.8, 4) is 0 Å². The van der Waals surface area contributed by atoms with Crippen molar-refractivity contribution >= 4 is 17.2 Å². The van der Waals surface area contributed by atoms with Crippen molar-refractivity contribution in [3.63, 3.8) is 0 Å². The molecule has 0 unspecified atom stereocenters. The van der Waals surface area contributed by atoms with Gasteiger partial charge in [-0.25, -0.2) is 4.98 Å². The van der Waals surface area contributed by atoms with E-state index in [1.807, 2.05) is 28.8 Å². The van der Waals surface area contributed by atoms with Gasteiger partial charge in [0.1, 0.15) is 5.01 Å². The van der Waals surface area contributed by atoms with Gasteiger partial charge in [0.05, 0.1) is 6.04 Å². The fourth-order valence-corrected chi connectivity index (χ4v) is 3.92. The molecule has 0 aliphatic carbocycles. The minimum atomic E-state index is 0.185. The van der Waals surface area contributed by atoms with Crippen LogP contribution in [0.5, 0.6) is 0 Å². The maximum Gasteiger partial charge on any atom is 0.223 e. The molecule has 0 saturated carbocycles. The molecular weight excluding hydrogens is 296 g/mol. The highest BCUT2D eigenvalue weighted by molar-refractivity contribution is 7.09. The molecule has 0 radical (unpaired) electrons. The molecule has 2 aromatic rings. The predicted octanol–water partition coefficient (Wildman–Crippen LogP) is 3.18. The van der Waals surface area contributed by atoms with E-state index < -0.39 is 0 Å². The van der Waals surface area contributed by atoms with Crippen molar-refractivity contribution in [1.29, 1.82) is 0 Å². The number of aryl methyl sites for hydroxylation is 2. The van der Waals surface area contributed by atoms with Gasteiger partial charge < -0.3 is 4.90 Å². The van der Waals surface area contributed by atoms with E-state index >= 15 is 0 Å². The zero-order chi connectivity index (χ0) is 15.4. The molecule has 1 aliphatic heterocycles. The van der Waals surface area contributed by atoms with E-state index in [0.717, 1.165) is 43.1 Å². The third-order valence-corrected chi connectivity index (χ3v) is 5.15. The quantitative estimate of drug-likeness (QED) is 0.851. The van der Waals surface area contributed by atoms with Crippen LogP contribution in [0.15, 0.2) is 23.8 Å². The largest absolute Gasteiger partial charge is 0.333 e. The molecule has 2 aromatic heterocycles. The van der Waals surface area contributed by atoms with Crippen molar-refractivity contribution in [2.24, 2.45) is 0 Å². The molecule has 1 amide bonds. The zero-order valence-corrected chi connectivity index (χ0v) is 13.8. The predicted molar refractivity (Wildman–Crippen MR) is 86.6 cm³/mol. The summed E-state index contributed by atoms with van der Waals surface area (Å²) in [5, 5.41) is 7.34. The Kier molecular flexibility index (Phi) is 4.87. The third-order valence-electron chi connectivity index (χ3n) is 4.08. The summed E-state index contributed by atoms with van der Waals surface area (Å²) in [6.07, 6.45) is 8.45. The highest BCUT2D eigenvalue weighted by atomic mass is 32.1. The number of hydrogen-bond acceptors (Lipinski definition) is 4. The van der Waals surface area contributed by atoms with Crippen LogP contribution in [0.4, 0.5) is 0 Å². The molecule has 0 aromatic carbocycles. The SMILES string of the molecule is Cc1csc([C@@H]2CCCCN2C(=O)CCCn2cccn2)n1. The molecule has 1 aliphatic rings. The van der Waals surface area contributed by atoms with Crippen LogP contribution in [-0.2, 0) is 11.3 Å². The number of nitrogens with zero attached hydrogens (tertiary/aromatic N) is 4. The summed E-state index contributed by atoms with van der Waals surface area (Å²) in [7, 11) is 0. The van der Waals surface area contributed by atoms with Gasteiger partial charge in [0.2, 0.25) is 5.91 Å². The first-order chi connectivity index (χ1) is 10.7. The highest BCUT2D eigenvalue weighted by Gasteiger charge is 2.29. The van der Waals surface area contributed by atoms with Crippen molar-refractivity contribution in [3.05, 3.63) is 34.5 Å². The summed E-state index contributed by atoms with van der Waals surface area (Å²) in [6, 6.07) is 2.09. The van der Waals surface area contributed by atoms with Crippen molar-refractivity contribution < 1.29 is 4.79 Å². The lowest BCUT2D eigenvalue weighted by atomic mass is 10.0. The van der Waals surface area contributed by atoms with E-state index in [9.17, 15) is 4.79 Å². The van der Waals surface area contributed by atoms with Crippen LogP contribution < -0.4 is 0 Å². The monoisotopic (exact) mass is 318 g/mol. The molecule has 22 heavy (non-hydrogen) atoms. The van der Waals surface area contributed by atoms with E-state index in [-0.39, 0.29) is 11.9 Å². The minimum Gasteiger partial charge on any atom is -0.333 e.